The molecule has 0 N–H and O–H groups in total. The van der Waals surface area contributed by atoms with Gasteiger partial charge in [0.05, 0.1) is 39.9 Å². The molecule has 0 saturated heterocycles. The van der Waals surface area contributed by atoms with E-state index in [0.717, 1.165) is 43.0 Å². The van der Waals surface area contributed by atoms with Crippen LogP contribution in [-0.4, -0.2) is 53.5 Å². The van der Waals surface area contributed by atoms with Gasteiger partial charge in [0.2, 0.25) is 0 Å². The van der Waals surface area contributed by atoms with Gasteiger partial charge in [-0.05, 0) is 67.7 Å². The number of nitrogens with zero attached hydrogens (tertiary/aromatic N) is 2. The van der Waals surface area contributed by atoms with Crippen LogP contribution < -0.4 is 18.9 Å². The van der Waals surface area contributed by atoms with Crippen molar-refractivity contribution in [1.82, 2.24) is 4.90 Å². The summed E-state index contributed by atoms with van der Waals surface area (Å²) in [5, 5.41) is 10.3. The molecule has 0 bridgehead atoms. The van der Waals surface area contributed by atoms with E-state index >= 15 is 0 Å². The Hall–Kier alpha value is -2.91. The second-order valence-electron chi connectivity index (χ2n) is 8.30. The van der Waals surface area contributed by atoms with Crippen molar-refractivity contribution in [3.63, 3.8) is 0 Å². The number of nitriles is 1. The molecule has 32 heavy (non-hydrogen) atoms. The van der Waals surface area contributed by atoms with E-state index in [4.69, 9.17) is 18.9 Å². The first-order chi connectivity index (χ1) is 15.3. The van der Waals surface area contributed by atoms with Gasteiger partial charge in [0.15, 0.2) is 23.0 Å². The topological polar surface area (TPSA) is 64.0 Å². The molecule has 0 fully saturated rings. The molecule has 6 nitrogen and oxygen atoms in total. The van der Waals surface area contributed by atoms with Gasteiger partial charge in [-0.1, -0.05) is 26.0 Å². The summed E-state index contributed by atoms with van der Waals surface area (Å²) >= 11 is 0. The largest absolute Gasteiger partial charge is 0.493 e. The fourth-order valence-electron chi connectivity index (χ4n) is 3.96. The standard InChI is InChI=1S/C26H36N2O4/c1-19(2)26(18-27,21-9-11-23(30-5)25(17-21)32-7)13-15-28(3)14-12-20-8-10-22(29-4)24(16-20)31-6/h8-11,16-17,19H,12-15H2,1-7H3/t26-/m1/s1. The van der Waals surface area contributed by atoms with Crippen LogP contribution in [0.4, 0.5) is 0 Å². The number of ether oxygens (including phenoxy) is 4. The van der Waals surface area contributed by atoms with Gasteiger partial charge in [0.1, 0.15) is 0 Å². The third-order valence-electron chi connectivity index (χ3n) is 6.20. The van der Waals surface area contributed by atoms with Crippen LogP contribution in [-0.2, 0) is 11.8 Å². The highest BCUT2D eigenvalue weighted by atomic mass is 16.5. The smallest absolute Gasteiger partial charge is 0.161 e. The SMILES string of the molecule is COc1ccc(CCN(C)CC[C@](C#N)(c2ccc(OC)c(OC)c2)C(C)C)cc1OC. The number of rotatable bonds is 12. The summed E-state index contributed by atoms with van der Waals surface area (Å²) in [7, 11) is 8.62. The number of methoxy groups -OCH3 is 4. The molecule has 2 rings (SSSR count). The molecule has 174 valence electrons. The minimum atomic E-state index is -0.614. The van der Waals surface area contributed by atoms with Crippen LogP contribution in [0.15, 0.2) is 36.4 Å². The molecule has 0 spiro atoms. The molecular weight excluding hydrogens is 404 g/mol. The maximum Gasteiger partial charge on any atom is 0.161 e. The van der Waals surface area contributed by atoms with Crippen molar-refractivity contribution in [2.24, 2.45) is 5.92 Å². The molecule has 0 amide bonds. The second kappa shape index (κ2) is 11.6. The lowest BCUT2D eigenvalue weighted by molar-refractivity contribution is 0.272. The molecule has 2 aromatic rings. The molecule has 1 atom stereocenters. The molecule has 0 unspecified atom stereocenters. The molecule has 0 aliphatic carbocycles. The van der Waals surface area contributed by atoms with Crippen molar-refractivity contribution in [3.05, 3.63) is 47.5 Å². The molecule has 0 heterocycles. The average Bonchev–Trinajstić information content (AvgIpc) is 2.82. The van der Waals surface area contributed by atoms with E-state index < -0.39 is 5.41 Å². The van der Waals surface area contributed by atoms with E-state index in [1.807, 2.05) is 30.3 Å². The summed E-state index contributed by atoms with van der Waals surface area (Å²) in [6.07, 6.45) is 1.60. The summed E-state index contributed by atoms with van der Waals surface area (Å²) in [5.74, 6) is 2.93. The number of hydrogen-bond acceptors (Lipinski definition) is 6. The lowest BCUT2D eigenvalue weighted by Gasteiger charge is -2.33. The maximum absolute atomic E-state index is 10.3. The van der Waals surface area contributed by atoms with E-state index in [1.165, 1.54) is 5.56 Å². The Balaban J connectivity index is 2.11. The minimum Gasteiger partial charge on any atom is -0.493 e. The summed E-state index contributed by atoms with van der Waals surface area (Å²) in [6, 6.07) is 14.4. The van der Waals surface area contributed by atoms with Crippen LogP contribution in [0.2, 0.25) is 0 Å². The van der Waals surface area contributed by atoms with E-state index in [0.29, 0.717) is 11.5 Å². The van der Waals surface area contributed by atoms with Gasteiger partial charge >= 0.3 is 0 Å². The number of hydrogen-bond donors (Lipinski definition) is 0. The van der Waals surface area contributed by atoms with E-state index in [2.05, 4.69) is 37.9 Å². The number of likely N-dealkylation sites (N-methyl/N-ethyl adjacent to an activating group) is 1. The van der Waals surface area contributed by atoms with Crippen molar-refractivity contribution in [2.75, 3.05) is 48.6 Å². The Morgan fingerprint density at radius 1 is 0.844 bits per heavy atom. The Bertz CT molecular complexity index is 923. The minimum absolute atomic E-state index is 0.143. The van der Waals surface area contributed by atoms with Crippen molar-refractivity contribution < 1.29 is 18.9 Å². The average molecular weight is 441 g/mol. The highest BCUT2D eigenvalue weighted by Gasteiger charge is 2.36. The van der Waals surface area contributed by atoms with Crippen molar-refractivity contribution in [1.29, 1.82) is 5.26 Å². The van der Waals surface area contributed by atoms with Crippen LogP contribution in [0.1, 0.15) is 31.4 Å². The summed E-state index contributed by atoms with van der Waals surface area (Å²) < 4.78 is 21.6. The monoisotopic (exact) mass is 440 g/mol. The van der Waals surface area contributed by atoms with Gasteiger partial charge in [0.25, 0.3) is 0 Å². The molecule has 2 aromatic carbocycles. The summed E-state index contributed by atoms with van der Waals surface area (Å²) in [6.45, 7) is 5.88. The van der Waals surface area contributed by atoms with Gasteiger partial charge in [-0.3, -0.25) is 0 Å². The Kier molecular flexibility index (Phi) is 9.22. The zero-order valence-electron chi connectivity index (χ0n) is 20.4. The fourth-order valence-corrected chi connectivity index (χ4v) is 3.96. The van der Waals surface area contributed by atoms with E-state index in [1.54, 1.807) is 28.4 Å². The third kappa shape index (κ3) is 5.66. The molecule has 0 aliphatic rings. The van der Waals surface area contributed by atoms with Crippen LogP contribution in [0.5, 0.6) is 23.0 Å². The lowest BCUT2D eigenvalue weighted by Crippen LogP contribution is -2.35. The predicted octanol–water partition coefficient (Wildman–Crippen LogP) is 4.70. The molecule has 0 aromatic heterocycles. The lowest BCUT2D eigenvalue weighted by atomic mass is 9.70. The number of benzene rings is 2. The van der Waals surface area contributed by atoms with Crippen LogP contribution in [0.3, 0.4) is 0 Å². The quantitative estimate of drug-likeness (QED) is 0.477. The van der Waals surface area contributed by atoms with E-state index in [-0.39, 0.29) is 5.92 Å². The first-order valence-corrected chi connectivity index (χ1v) is 10.9. The molecule has 6 heteroatoms. The van der Waals surface area contributed by atoms with Gasteiger partial charge in [0, 0.05) is 6.54 Å². The van der Waals surface area contributed by atoms with Crippen molar-refractivity contribution in [3.8, 4) is 29.1 Å². The second-order valence-corrected chi connectivity index (χ2v) is 8.30. The third-order valence-corrected chi connectivity index (χ3v) is 6.20. The van der Waals surface area contributed by atoms with E-state index in [9.17, 15) is 5.26 Å². The maximum atomic E-state index is 10.3. The highest BCUT2D eigenvalue weighted by Crippen LogP contribution is 2.39. The highest BCUT2D eigenvalue weighted by molar-refractivity contribution is 5.47. The summed E-state index contributed by atoms with van der Waals surface area (Å²) in [4.78, 5) is 2.27. The molecule has 0 aliphatic heterocycles. The first kappa shape index (κ1) is 25.4. The van der Waals surface area contributed by atoms with Crippen LogP contribution >= 0.6 is 0 Å². The zero-order valence-corrected chi connectivity index (χ0v) is 20.4. The van der Waals surface area contributed by atoms with Crippen molar-refractivity contribution in [2.45, 2.75) is 32.1 Å². The van der Waals surface area contributed by atoms with Gasteiger partial charge < -0.3 is 23.8 Å². The molecular formula is C26H36N2O4. The van der Waals surface area contributed by atoms with Gasteiger partial charge in [-0.25, -0.2) is 0 Å². The van der Waals surface area contributed by atoms with Crippen molar-refractivity contribution >= 4 is 0 Å². The first-order valence-electron chi connectivity index (χ1n) is 10.9. The Labute approximate surface area is 192 Å². The molecule has 0 saturated carbocycles. The van der Waals surface area contributed by atoms with Crippen LogP contribution in [0, 0.1) is 17.2 Å². The predicted molar refractivity (Wildman–Crippen MR) is 127 cm³/mol. The zero-order chi connectivity index (χ0) is 23.7. The molecule has 0 radical (unpaired) electrons. The fraction of sp³-hybridized carbons (Fsp3) is 0.500. The van der Waals surface area contributed by atoms with Crippen LogP contribution in [0.25, 0.3) is 0 Å². The normalized spacial score (nSPS) is 12.9. The van der Waals surface area contributed by atoms with Gasteiger partial charge in [-0.2, -0.15) is 5.26 Å². The Morgan fingerprint density at radius 2 is 1.41 bits per heavy atom. The van der Waals surface area contributed by atoms with Gasteiger partial charge in [-0.15, -0.1) is 0 Å². The Morgan fingerprint density at radius 3 is 1.94 bits per heavy atom. The summed E-state index contributed by atoms with van der Waals surface area (Å²) in [5.41, 5.74) is 1.53.